The van der Waals surface area contributed by atoms with E-state index in [1.807, 2.05) is 48.2 Å². The van der Waals surface area contributed by atoms with E-state index in [9.17, 15) is 15.2 Å². The monoisotopic (exact) mass is 321 g/mol. The summed E-state index contributed by atoms with van der Waals surface area (Å²) in [7, 11) is 0. The van der Waals surface area contributed by atoms with Crippen molar-refractivity contribution in [3.05, 3.63) is 65.9 Å². The highest BCUT2D eigenvalue weighted by molar-refractivity contribution is 6.07. The first kappa shape index (κ1) is 17.1. The Kier molecular flexibility index (Phi) is 5.58. The molecule has 2 rings (SSSR count). The smallest absolute Gasteiger partial charge is 0.267 e. The van der Waals surface area contributed by atoms with Crippen LogP contribution in [0.4, 0.5) is 11.4 Å². The quantitative estimate of drug-likeness (QED) is 0.501. The molecule has 0 aromatic heterocycles. The molecule has 2 N–H and O–H groups in total. The van der Waals surface area contributed by atoms with E-state index in [0.717, 1.165) is 11.3 Å². The first-order valence-corrected chi connectivity index (χ1v) is 7.59. The summed E-state index contributed by atoms with van der Waals surface area (Å²) in [5.74, 6) is -0.358. The second-order valence-electron chi connectivity index (χ2n) is 5.23. The minimum atomic E-state index is -0.485. The fraction of sp³-hybridized carbons (Fsp3) is 0.158. The summed E-state index contributed by atoms with van der Waals surface area (Å²) in [6.45, 7) is 4.34. The Labute approximate surface area is 141 Å². The van der Waals surface area contributed by atoms with Gasteiger partial charge in [0, 0.05) is 24.1 Å². The number of rotatable bonds is 5. The number of amides is 1. The normalized spacial score (nSPS) is 10.8. The van der Waals surface area contributed by atoms with Crippen LogP contribution in [-0.2, 0) is 4.79 Å². The Morgan fingerprint density at radius 3 is 2.58 bits per heavy atom. The molecular formula is C19H19N3O2. The van der Waals surface area contributed by atoms with Crippen LogP contribution in [-0.4, -0.2) is 17.6 Å². The number of para-hydroxylation sites is 1. The molecule has 0 aliphatic rings. The largest absolute Gasteiger partial charge is 0.508 e. The Hall–Kier alpha value is -3.26. The van der Waals surface area contributed by atoms with Crippen LogP contribution in [0.3, 0.4) is 0 Å². The first-order valence-electron chi connectivity index (χ1n) is 7.59. The molecule has 1 amide bonds. The van der Waals surface area contributed by atoms with Gasteiger partial charge in [0.2, 0.25) is 0 Å². The number of hydrogen-bond donors (Lipinski definition) is 2. The zero-order chi connectivity index (χ0) is 17.5. The van der Waals surface area contributed by atoms with Gasteiger partial charge in [0.15, 0.2) is 0 Å². The van der Waals surface area contributed by atoms with Crippen LogP contribution in [0.1, 0.15) is 12.5 Å². The zero-order valence-electron chi connectivity index (χ0n) is 13.7. The van der Waals surface area contributed by atoms with Gasteiger partial charge in [0.05, 0.1) is 0 Å². The SMILES string of the molecule is CCN(/C=C(/C#N)C(=O)Nc1ccc(O)cc1C)c1ccccc1. The van der Waals surface area contributed by atoms with Crippen molar-refractivity contribution in [3.63, 3.8) is 0 Å². The molecule has 5 heteroatoms. The van der Waals surface area contributed by atoms with Gasteiger partial charge in [0.25, 0.3) is 5.91 Å². The maximum Gasteiger partial charge on any atom is 0.267 e. The van der Waals surface area contributed by atoms with E-state index in [1.165, 1.54) is 6.07 Å². The van der Waals surface area contributed by atoms with Crippen molar-refractivity contribution >= 4 is 17.3 Å². The lowest BCUT2D eigenvalue weighted by atomic mass is 10.1. The summed E-state index contributed by atoms with van der Waals surface area (Å²) >= 11 is 0. The average Bonchev–Trinajstić information content (AvgIpc) is 2.59. The van der Waals surface area contributed by atoms with Gasteiger partial charge in [-0.15, -0.1) is 0 Å². The summed E-state index contributed by atoms with van der Waals surface area (Å²) < 4.78 is 0. The Bertz CT molecular complexity index is 792. The standard InChI is InChI=1S/C19H19N3O2/c1-3-22(16-7-5-4-6-8-16)13-15(12-20)19(24)21-18-10-9-17(23)11-14(18)2/h4-11,13,23H,3H2,1-2H3,(H,21,24)/b15-13-. The molecular weight excluding hydrogens is 302 g/mol. The van der Waals surface area contributed by atoms with Gasteiger partial charge >= 0.3 is 0 Å². The van der Waals surface area contributed by atoms with E-state index < -0.39 is 5.91 Å². The third-order valence-electron chi connectivity index (χ3n) is 3.54. The fourth-order valence-electron chi connectivity index (χ4n) is 2.24. The number of hydrogen-bond acceptors (Lipinski definition) is 4. The number of carbonyl (C=O) groups excluding carboxylic acids is 1. The second-order valence-corrected chi connectivity index (χ2v) is 5.23. The minimum absolute atomic E-state index is 0.00757. The molecule has 5 nitrogen and oxygen atoms in total. The maximum atomic E-state index is 12.4. The van der Waals surface area contributed by atoms with Crippen molar-refractivity contribution in [1.29, 1.82) is 5.26 Å². The van der Waals surface area contributed by atoms with Crippen LogP contribution in [0.15, 0.2) is 60.3 Å². The third-order valence-corrected chi connectivity index (χ3v) is 3.54. The molecule has 0 spiro atoms. The lowest BCUT2D eigenvalue weighted by Crippen LogP contribution is -2.20. The number of phenols is 1. The number of phenolic OH excluding ortho intramolecular Hbond substituents is 1. The van der Waals surface area contributed by atoms with E-state index in [2.05, 4.69) is 5.32 Å². The maximum absolute atomic E-state index is 12.4. The van der Waals surface area contributed by atoms with Crippen LogP contribution >= 0.6 is 0 Å². The Morgan fingerprint density at radius 2 is 2.00 bits per heavy atom. The van der Waals surface area contributed by atoms with Gasteiger partial charge in [-0.2, -0.15) is 5.26 Å². The molecule has 0 atom stereocenters. The summed E-state index contributed by atoms with van der Waals surface area (Å²) in [6, 6.07) is 16.1. The number of benzene rings is 2. The Morgan fingerprint density at radius 1 is 1.29 bits per heavy atom. The molecule has 0 radical (unpaired) electrons. The molecule has 2 aromatic carbocycles. The zero-order valence-corrected chi connectivity index (χ0v) is 13.7. The first-order chi connectivity index (χ1) is 11.5. The summed E-state index contributed by atoms with van der Waals surface area (Å²) in [4.78, 5) is 14.2. The number of aromatic hydroxyl groups is 1. The second kappa shape index (κ2) is 7.84. The summed E-state index contributed by atoms with van der Waals surface area (Å²) in [5, 5.41) is 21.5. The molecule has 2 aromatic rings. The van der Waals surface area contributed by atoms with Gasteiger partial charge in [-0.1, -0.05) is 18.2 Å². The molecule has 0 saturated heterocycles. The van der Waals surface area contributed by atoms with Gasteiger partial charge in [-0.3, -0.25) is 4.79 Å². The highest BCUT2D eigenvalue weighted by Gasteiger charge is 2.13. The molecule has 24 heavy (non-hydrogen) atoms. The molecule has 122 valence electrons. The van der Waals surface area contributed by atoms with Crippen LogP contribution in [0, 0.1) is 18.3 Å². The summed E-state index contributed by atoms with van der Waals surface area (Å²) in [6.07, 6.45) is 1.54. The van der Waals surface area contributed by atoms with Gasteiger partial charge in [-0.05, 0) is 49.7 Å². The predicted molar refractivity (Wildman–Crippen MR) is 94.6 cm³/mol. The average molecular weight is 321 g/mol. The molecule has 0 saturated carbocycles. The number of nitriles is 1. The van der Waals surface area contributed by atoms with Crippen LogP contribution in [0.25, 0.3) is 0 Å². The van der Waals surface area contributed by atoms with Gasteiger partial charge < -0.3 is 15.3 Å². The molecule has 0 aliphatic carbocycles. The van der Waals surface area contributed by atoms with E-state index in [1.54, 1.807) is 25.3 Å². The van der Waals surface area contributed by atoms with Crippen molar-refractivity contribution in [3.8, 4) is 11.8 Å². The molecule has 0 fully saturated rings. The topological polar surface area (TPSA) is 76.4 Å². The number of nitrogens with zero attached hydrogens (tertiary/aromatic N) is 2. The van der Waals surface area contributed by atoms with E-state index >= 15 is 0 Å². The van der Waals surface area contributed by atoms with Crippen molar-refractivity contribution < 1.29 is 9.90 Å². The predicted octanol–water partition coefficient (Wildman–Crippen LogP) is 3.57. The van der Waals surface area contributed by atoms with Crippen molar-refractivity contribution in [2.24, 2.45) is 0 Å². The van der Waals surface area contributed by atoms with Crippen LogP contribution in [0.2, 0.25) is 0 Å². The minimum Gasteiger partial charge on any atom is -0.508 e. The number of carbonyl (C=O) groups is 1. The fourth-order valence-corrected chi connectivity index (χ4v) is 2.24. The molecule has 0 unspecified atom stereocenters. The Balaban J connectivity index is 2.23. The molecule has 0 heterocycles. The molecule has 0 bridgehead atoms. The van der Waals surface area contributed by atoms with E-state index in [0.29, 0.717) is 12.2 Å². The number of anilines is 2. The van der Waals surface area contributed by atoms with Crippen molar-refractivity contribution in [2.45, 2.75) is 13.8 Å². The van der Waals surface area contributed by atoms with Crippen molar-refractivity contribution in [2.75, 3.05) is 16.8 Å². The number of aryl methyl sites for hydroxylation is 1. The van der Waals surface area contributed by atoms with E-state index in [4.69, 9.17) is 0 Å². The molecule has 0 aliphatic heterocycles. The van der Waals surface area contributed by atoms with Crippen LogP contribution in [0.5, 0.6) is 5.75 Å². The van der Waals surface area contributed by atoms with Gasteiger partial charge in [0.1, 0.15) is 17.4 Å². The third kappa shape index (κ3) is 4.14. The van der Waals surface area contributed by atoms with E-state index in [-0.39, 0.29) is 11.3 Å². The number of nitrogens with one attached hydrogen (secondary N) is 1. The lowest BCUT2D eigenvalue weighted by Gasteiger charge is -2.19. The van der Waals surface area contributed by atoms with Crippen LogP contribution < -0.4 is 10.2 Å². The highest BCUT2D eigenvalue weighted by atomic mass is 16.3. The summed E-state index contributed by atoms with van der Waals surface area (Å²) in [5.41, 5.74) is 2.19. The van der Waals surface area contributed by atoms with Crippen molar-refractivity contribution in [1.82, 2.24) is 0 Å². The lowest BCUT2D eigenvalue weighted by molar-refractivity contribution is -0.112. The highest BCUT2D eigenvalue weighted by Crippen LogP contribution is 2.21. The van der Waals surface area contributed by atoms with Gasteiger partial charge in [-0.25, -0.2) is 0 Å².